The molecule has 0 radical (unpaired) electrons. The first-order chi connectivity index (χ1) is 8.33. The van der Waals surface area contributed by atoms with Crippen LogP contribution in [-0.4, -0.2) is 24.4 Å². The quantitative estimate of drug-likeness (QED) is 0.843. The first-order valence-corrected chi connectivity index (χ1v) is 6.05. The second-order valence-corrected chi connectivity index (χ2v) is 4.32. The van der Waals surface area contributed by atoms with Crippen LogP contribution in [0, 0.1) is 0 Å². The van der Waals surface area contributed by atoms with Gasteiger partial charge in [-0.15, -0.1) is 0 Å². The maximum absolute atomic E-state index is 5.26. The van der Waals surface area contributed by atoms with E-state index in [-0.39, 0.29) is 0 Å². The molecule has 1 aromatic heterocycles. The zero-order valence-corrected chi connectivity index (χ0v) is 10.2. The van der Waals surface area contributed by atoms with Crippen LogP contribution >= 0.6 is 0 Å². The van der Waals surface area contributed by atoms with E-state index in [2.05, 4.69) is 29.0 Å². The number of ether oxygens (including phenoxy) is 1. The molecule has 1 aliphatic rings. The minimum Gasteiger partial charge on any atom is -0.497 e. The molecule has 88 valence electrons. The van der Waals surface area contributed by atoms with Gasteiger partial charge in [0.1, 0.15) is 5.75 Å². The highest BCUT2D eigenvalue weighted by Gasteiger charge is 2.18. The lowest BCUT2D eigenvalue weighted by atomic mass is 10.0. The molecule has 3 heteroatoms. The Kier molecular flexibility index (Phi) is 2.39. The molecule has 2 heterocycles. The second-order valence-electron chi connectivity index (χ2n) is 4.32. The molecule has 0 saturated carbocycles. The van der Waals surface area contributed by atoms with Crippen LogP contribution in [0.25, 0.3) is 10.9 Å². The fourth-order valence-corrected chi connectivity index (χ4v) is 2.54. The molecule has 0 saturated heterocycles. The van der Waals surface area contributed by atoms with Crippen LogP contribution in [-0.2, 0) is 6.42 Å². The summed E-state index contributed by atoms with van der Waals surface area (Å²) >= 11 is 0. The summed E-state index contributed by atoms with van der Waals surface area (Å²) in [7, 11) is 1.70. The Hall–Kier alpha value is -1.77. The second kappa shape index (κ2) is 3.91. The lowest BCUT2D eigenvalue weighted by molar-refractivity contribution is 0.415. The molecular formula is C14H16N2O. The molecule has 0 bridgehead atoms. The van der Waals surface area contributed by atoms with Gasteiger partial charge in [-0.25, -0.2) is 0 Å². The summed E-state index contributed by atoms with van der Waals surface area (Å²) in [5.74, 6) is 0.895. The van der Waals surface area contributed by atoms with E-state index >= 15 is 0 Å². The van der Waals surface area contributed by atoms with Crippen molar-refractivity contribution in [2.24, 2.45) is 4.99 Å². The third kappa shape index (κ3) is 1.54. The van der Waals surface area contributed by atoms with E-state index in [1.807, 2.05) is 6.07 Å². The lowest BCUT2D eigenvalue weighted by Crippen LogP contribution is -2.11. The van der Waals surface area contributed by atoms with Crippen molar-refractivity contribution in [1.82, 2.24) is 4.98 Å². The van der Waals surface area contributed by atoms with Crippen LogP contribution < -0.4 is 4.74 Å². The Morgan fingerprint density at radius 2 is 2.29 bits per heavy atom. The van der Waals surface area contributed by atoms with Crippen molar-refractivity contribution < 1.29 is 4.74 Å². The van der Waals surface area contributed by atoms with E-state index in [1.165, 1.54) is 22.4 Å². The summed E-state index contributed by atoms with van der Waals surface area (Å²) in [4.78, 5) is 8.06. The number of methoxy groups -OCH3 is 1. The van der Waals surface area contributed by atoms with Crippen LogP contribution in [0.15, 0.2) is 23.2 Å². The highest BCUT2D eigenvalue weighted by molar-refractivity contribution is 6.06. The van der Waals surface area contributed by atoms with Crippen molar-refractivity contribution in [2.75, 3.05) is 13.7 Å². The van der Waals surface area contributed by atoms with E-state index in [0.29, 0.717) is 0 Å². The molecule has 0 fully saturated rings. The van der Waals surface area contributed by atoms with Gasteiger partial charge in [-0.05, 0) is 30.5 Å². The fourth-order valence-electron chi connectivity index (χ4n) is 2.54. The number of aliphatic imine (C=N–C) groups is 1. The smallest absolute Gasteiger partial charge is 0.120 e. The molecule has 3 nitrogen and oxygen atoms in total. The number of nitrogens with zero attached hydrogens (tertiary/aromatic N) is 1. The van der Waals surface area contributed by atoms with Gasteiger partial charge >= 0.3 is 0 Å². The lowest BCUT2D eigenvalue weighted by Gasteiger charge is -2.11. The van der Waals surface area contributed by atoms with Crippen LogP contribution in [0.3, 0.4) is 0 Å². The number of benzene rings is 1. The van der Waals surface area contributed by atoms with Crippen LogP contribution in [0.2, 0.25) is 0 Å². The first-order valence-electron chi connectivity index (χ1n) is 6.05. The molecule has 0 atom stereocenters. The molecule has 0 spiro atoms. The van der Waals surface area contributed by atoms with E-state index < -0.39 is 0 Å². The number of nitrogens with one attached hydrogen (secondary N) is 1. The zero-order valence-electron chi connectivity index (χ0n) is 10.2. The standard InChI is InChI=1S/C14H16N2O/c1-3-12-14-11(6-7-15-12)10-5-4-9(17-2)8-13(10)16-14/h4-5,8,16H,3,6-7H2,1-2H3. The number of aromatic amines is 1. The van der Waals surface area contributed by atoms with E-state index in [0.717, 1.165) is 30.7 Å². The third-order valence-corrected chi connectivity index (χ3v) is 3.40. The molecular weight excluding hydrogens is 212 g/mol. The Bertz CT molecular complexity index is 596. The predicted octanol–water partition coefficient (Wildman–Crippen LogP) is 2.93. The predicted molar refractivity (Wildman–Crippen MR) is 70.2 cm³/mol. The van der Waals surface area contributed by atoms with Crippen LogP contribution in [0.5, 0.6) is 5.75 Å². The minimum atomic E-state index is 0.895. The van der Waals surface area contributed by atoms with Crippen molar-refractivity contribution >= 4 is 16.6 Å². The maximum atomic E-state index is 5.26. The van der Waals surface area contributed by atoms with Crippen molar-refractivity contribution in [3.8, 4) is 5.75 Å². The van der Waals surface area contributed by atoms with Gasteiger partial charge < -0.3 is 9.72 Å². The molecule has 1 aliphatic heterocycles. The summed E-state index contributed by atoms with van der Waals surface area (Å²) in [6.45, 7) is 3.06. The van der Waals surface area contributed by atoms with Crippen LogP contribution in [0.4, 0.5) is 0 Å². The van der Waals surface area contributed by atoms with Crippen molar-refractivity contribution in [1.29, 1.82) is 0 Å². The SMILES string of the molecule is CCC1=NCCc2c1[nH]c1cc(OC)ccc21. The van der Waals surface area contributed by atoms with E-state index in [1.54, 1.807) is 7.11 Å². The van der Waals surface area contributed by atoms with Crippen LogP contribution in [0.1, 0.15) is 24.6 Å². The number of H-pyrrole nitrogens is 1. The highest BCUT2D eigenvalue weighted by Crippen LogP contribution is 2.29. The van der Waals surface area contributed by atoms with E-state index in [9.17, 15) is 0 Å². The number of aromatic nitrogens is 1. The van der Waals surface area contributed by atoms with Gasteiger partial charge in [0.25, 0.3) is 0 Å². The number of hydrogen-bond donors (Lipinski definition) is 1. The minimum absolute atomic E-state index is 0.895. The number of rotatable bonds is 2. The van der Waals surface area contributed by atoms with Crippen molar-refractivity contribution in [3.63, 3.8) is 0 Å². The molecule has 0 unspecified atom stereocenters. The summed E-state index contributed by atoms with van der Waals surface area (Å²) in [5, 5.41) is 1.31. The Morgan fingerprint density at radius 3 is 3.06 bits per heavy atom. The topological polar surface area (TPSA) is 37.4 Å². The van der Waals surface area contributed by atoms with Gasteiger partial charge in [0.2, 0.25) is 0 Å². The first kappa shape index (κ1) is 10.4. The van der Waals surface area contributed by atoms with Gasteiger partial charge in [0.05, 0.1) is 18.5 Å². The van der Waals surface area contributed by atoms with Crippen molar-refractivity contribution in [3.05, 3.63) is 29.5 Å². The Balaban J connectivity index is 2.23. The summed E-state index contributed by atoms with van der Waals surface area (Å²) < 4.78 is 5.26. The van der Waals surface area contributed by atoms with E-state index in [4.69, 9.17) is 4.74 Å². The summed E-state index contributed by atoms with van der Waals surface area (Å²) in [6, 6.07) is 6.22. The fraction of sp³-hybridized carbons (Fsp3) is 0.357. The molecule has 1 aromatic carbocycles. The summed E-state index contributed by atoms with van der Waals surface area (Å²) in [5.41, 5.74) is 4.98. The van der Waals surface area contributed by atoms with Gasteiger partial charge in [0.15, 0.2) is 0 Å². The monoisotopic (exact) mass is 228 g/mol. The summed E-state index contributed by atoms with van der Waals surface area (Å²) in [6.07, 6.45) is 2.02. The maximum Gasteiger partial charge on any atom is 0.120 e. The van der Waals surface area contributed by atoms with Gasteiger partial charge in [-0.3, -0.25) is 4.99 Å². The molecule has 0 aliphatic carbocycles. The molecule has 17 heavy (non-hydrogen) atoms. The Labute approximate surface area is 101 Å². The highest BCUT2D eigenvalue weighted by atomic mass is 16.5. The van der Waals surface area contributed by atoms with Gasteiger partial charge in [-0.2, -0.15) is 0 Å². The van der Waals surface area contributed by atoms with Crippen molar-refractivity contribution in [2.45, 2.75) is 19.8 Å². The molecule has 1 N–H and O–H groups in total. The molecule has 3 rings (SSSR count). The zero-order chi connectivity index (χ0) is 11.8. The largest absolute Gasteiger partial charge is 0.497 e. The molecule has 2 aromatic rings. The average molecular weight is 228 g/mol. The number of hydrogen-bond acceptors (Lipinski definition) is 2. The third-order valence-electron chi connectivity index (χ3n) is 3.40. The van der Waals surface area contributed by atoms with Gasteiger partial charge in [-0.1, -0.05) is 6.92 Å². The average Bonchev–Trinajstić information content (AvgIpc) is 2.75. The number of fused-ring (bicyclic) bond motifs is 3. The van der Waals surface area contributed by atoms with Gasteiger partial charge in [0, 0.05) is 23.5 Å². The molecule has 0 amide bonds. The normalized spacial score (nSPS) is 14.6. The Morgan fingerprint density at radius 1 is 1.41 bits per heavy atom.